The molecule has 6 aromatic rings. The van der Waals surface area contributed by atoms with Crippen molar-refractivity contribution >= 4 is 44.4 Å². The van der Waals surface area contributed by atoms with Gasteiger partial charge in [0.1, 0.15) is 5.58 Å². The van der Waals surface area contributed by atoms with E-state index in [1.54, 1.807) is 0 Å². The number of nitrogens with zero attached hydrogens (tertiary/aromatic N) is 2. The van der Waals surface area contributed by atoms with Crippen LogP contribution in [0.4, 0.5) is 0 Å². The van der Waals surface area contributed by atoms with E-state index in [-0.39, 0.29) is 5.28 Å². The average molecular weight is 407 g/mol. The predicted molar refractivity (Wildman–Crippen MR) is 123 cm³/mol. The SMILES string of the molecule is Clc1nc(-c2ccc(-c3ccccc3)c3ccccc23)c2c(n1)oc1ccccc12. The molecule has 0 spiro atoms. The van der Waals surface area contributed by atoms with Crippen molar-refractivity contribution in [1.29, 1.82) is 0 Å². The van der Waals surface area contributed by atoms with E-state index in [2.05, 4.69) is 64.6 Å². The van der Waals surface area contributed by atoms with Crippen LogP contribution < -0.4 is 0 Å². The van der Waals surface area contributed by atoms with Gasteiger partial charge < -0.3 is 4.42 Å². The Hall–Kier alpha value is -3.69. The fraction of sp³-hybridized carbons (Fsp3) is 0. The zero-order chi connectivity index (χ0) is 20.1. The van der Waals surface area contributed by atoms with Gasteiger partial charge in [0.2, 0.25) is 11.0 Å². The molecule has 0 aliphatic rings. The molecule has 2 heterocycles. The summed E-state index contributed by atoms with van der Waals surface area (Å²) in [4.78, 5) is 8.97. The lowest BCUT2D eigenvalue weighted by Crippen LogP contribution is -1.92. The van der Waals surface area contributed by atoms with Crippen LogP contribution in [0.5, 0.6) is 0 Å². The van der Waals surface area contributed by atoms with Gasteiger partial charge in [-0.25, -0.2) is 4.98 Å². The molecule has 142 valence electrons. The van der Waals surface area contributed by atoms with Crippen LogP contribution in [-0.4, -0.2) is 9.97 Å². The van der Waals surface area contributed by atoms with Crippen LogP contribution in [0.3, 0.4) is 0 Å². The van der Waals surface area contributed by atoms with E-state index in [4.69, 9.17) is 16.0 Å². The molecule has 0 saturated carbocycles. The highest BCUT2D eigenvalue weighted by Crippen LogP contribution is 2.40. The fourth-order valence-corrected chi connectivity index (χ4v) is 4.33. The number of fused-ring (bicyclic) bond motifs is 4. The lowest BCUT2D eigenvalue weighted by atomic mass is 9.93. The maximum atomic E-state index is 6.30. The summed E-state index contributed by atoms with van der Waals surface area (Å²) in [5, 5.41) is 4.31. The van der Waals surface area contributed by atoms with E-state index >= 15 is 0 Å². The van der Waals surface area contributed by atoms with Crippen LogP contribution in [0.15, 0.2) is 95.4 Å². The summed E-state index contributed by atoms with van der Waals surface area (Å²) in [7, 11) is 0. The number of hydrogen-bond acceptors (Lipinski definition) is 3. The Bertz CT molecular complexity index is 1550. The minimum absolute atomic E-state index is 0.174. The standard InChI is InChI=1S/C26H15ClN2O/c27-26-28-24(23-21-12-6-7-13-22(21)30-25(23)29-26)20-15-14-17(16-8-2-1-3-9-16)18-10-4-5-11-19(18)20/h1-15H. The van der Waals surface area contributed by atoms with Crippen molar-refractivity contribution in [1.82, 2.24) is 9.97 Å². The van der Waals surface area contributed by atoms with E-state index in [0.717, 1.165) is 38.4 Å². The molecule has 30 heavy (non-hydrogen) atoms. The molecular formula is C26H15ClN2O. The third kappa shape index (κ3) is 2.60. The van der Waals surface area contributed by atoms with Crippen molar-refractivity contribution in [2.24, 2.45) is 0 Å². The molecule has 0 bridgehead atoms. The molecule has 0 unspecified atom stereocenters. The van der Waals surface area contributed by atoms with Gasteiger partial charge in [-0.15, -0.1) is 0 Å². The molecule has 0 aliphatic carbocycles. The van der Waals surface area contributed by atoms with E-state index < -0.39 is 0 Å². The van der Waals surface area contributed by atoms with E-state index in [1.807, 2.05) is 36.4 Å². The molecule has 0 N–H and O–H groups in total. The summed E-state index contributed by atoms with van der Waals surface area (Å²) in [6, 6.07) is 31.0. The topological polar surface area (TPSA) is 38.9 Å². The number of halogens is 1. The van der Waals surface area contributed by atoms with Crippen LogP contribution in [0.1, 0.15) is 0 Å². The Kier molecular flexibility index (Phi) is 3.83. The van der Waals surface area contributed by atoms with Gasteiger partial charge in [-0.1, -0.05) is 84.9 Å². The average Bonchev–Trinajstić information content (AvgIpc) is 3.16. The van der Waals surface area contributed by atoms with Crippen molar-refractivity contribution < 1.29 is 4.42 Å². The summed E-state index contributed by atoms with van der Waals surface area (Å²) in [5.41, 5.74) is 5.43. The molecule has 0 amide bonds. The second-order valence-electron chi connectivity index (χ2n) is 7.19. The van der Waals surface area contributed by atoms with Crippen molar-refractivity contribution in [3.63, 3.8) is 0 Å². The smallest absolute Gasteiger partial charge is 0.232 e. The zero-order valence-electron chi connectivity index (χ0n) is 15.8. The molecule has 6 rings (SSSR count). The molecule has 0 atom stereocenters. The lowest BCUT2D eigenvalue weighted by Gasteiger charge is -2.12. The second kappa shape index (κ2) is 6.68. The Morgan fingerprint density at radius 3 is 2.03 bits per heavy atom. The van der Waals surface area contributed by atoms with Gasteiger partial charge in [0.15, 0.2) is 0 Å². The fourth-order valence-electron chi connectivity index (χ4n) is 4.17. The van der Waals surface area contributed by atoms with E-state index in [1.165, 1.54) is 11.1 Å². The molecule has 2 aromatic heterocycles. The highest BCUT2D eigenvalue weighted by molar-refractivity contribution is 6.29. The Balaban J connectivity index is 1.72. The number of benzene rings is 4. The summed E-state index contributed by atoms with van der Waals surface area (Å²) >= 11 is 6.30. The Morgan fingerprint density at radius 2 is 1.23 bits per heavy atom. The number of hydrogen-bond donors (Lipinski definition) is 0. The van der Waals surface area contributed by atoms with Crippen LogP contribution >= 0.6 is 11.6 Å². The van der Waals surface area contributed by atoms with Gasteiger partial charge >= 0.3 is 0 Å². The first-order valence-corrected chi connectivity index (χ1v) is 10.1. The summed E-state index contributed by atoms with van der Waals surface area (Å²) < 4.78 is 5.96. The Labute approximate surface area is 177 Å². The normalized spacial score (nSPS) is 11.5. The maximum absolute atomic E-state index is 6.30. The van der Waals surface area contributed by atoms with E-state index in [9.17, 15) is 0 Å². The molecule has 0 radical (unpaired) electrons. The minimum atomic E-state index is 0.174. The second-order valence-corrected chi connectivity index (χ2v) is 7.53. The largest absolute Gasteiger partial charge is 0.438 e. The summed E-state index contributed by atoms with van der Waals surface area (Å²) in [6.45, 7) is 0. The first kappa shape index (κ1) is 17.2. The zero-order valence-corrected chi connectivity index (χ0v) is 16.6. The van der Waals surface area contributed by atoms with Crippen LogP contribution in [0.2, 0.25) is 5.28 Å². The number of rotatable bonds is 2. The third-order valence-electron chi connectivity index (χ3n) is 5.48. The molecule has 0 fully saturated rings. The molecular weight excluding hydrogens is 392 g/mol. The quantitative estimate of drug-likeness (QED) is 0.279. The third-order valence-corrected chi connectivity index (χ3v) is 5.64. The molecule has 3 nitrogen and oxygen atoms in total. The molecule has 4 aromatic carbocycles. The molecule has 0 saturated heterocycles. The van der Waals surface area contributed by atoms with Crippen LogP contribution in [0.25, 0.3) is 55.2 Å². The van der Waals surface area contributed by atoms with Gasteiger partial charge in [-0.3, -0.25) is 0 Å². The minimum Gasteiger partial charge on any atom is -0.438 e. The van der Waals surface area contributed by atoms with Crippen molar-refractivity contribution in [3.05, 3.63) is 96.3 Å². The highest BCUT2D eigenvalue weighted by Gasteiger charge is 2.19. The number of furan rings is 1. The number of aromatic nitrogens is 2. The van der Waals surface area contributed by atoms with Crippen LogP contribution in [0, 0.1) is 0 Å². The molecule has 4 heteroatoms. The number of para-hydroxylation sites is 1. The van der Waals surface area contributed by atoms with Gasteiger partial charge in [0, 0.05) is 10.9 Å². The van der Waals surface area contributed by atoms with Gasteiger partial charge in [0.05, 0.1) is 11.1 Å². The van der Waals surface area contributed by atoms with Gasteiger partial charge in [-0.05, 0) is 39.6 Å². The predicted octanol–water partition coefficient (Wildman–Crippen LogP) is 7.52. The summed E-state index contributed by atoms with van der Waals surface area (Å²) in [5.74, 6) is 0. The van der Waals surface area contributed by atoms with Crippen molar-refractivity contribution in [3.8, 4) is 22.4 Å². The first-order valence-electron chi connectivity index (χ1n) is 9.72. The van der Waals surface area contributed by atoms with Crippen molar-refractivity contribution in [2.45, 2.75) is 0 Å². The van der Waals surface area contributed by atoms with Gasteiger partial charge in [0.25, 0.3) is 0 Å². The first-order chi connectivity index (χ1) is 14.8. The van der Waals surface area contributed by atoms with Gasteiger partial charge in [-0.2, -0.15) is 4.98 Å². The maximum Gasteiger partial charge on any atom is 0.232 e. The Morgan fingerprint density at radius 1 is 0.600 bits per heavy atom. The van der Waals surface area contributed by atoms with E-state index in [0.29, 0.717) is 5.71 Å². The highest BCUT2D eigenvalue weighted by atomic mass is 35.5. The lowest BCUT2D eigenvalue weighted by molar-refractivity contribution is 0.653. The summed E-state index contributed by atoms with van der Waals surface area (Å²) in [6.07, 6.45) is 0. The molecule has 0 aliphatic heterocycles. The van der Waals surface area contributed by atoms with Crippen LogP contribution in [-0.2, 0) is 0 Å². The monoisotopic (exact) mass is 406 g/mol. The van der Waals surface area contributed by atoms with Crippen molar-refractivity contribution in [2.75, 3.05) is 0 Å².